The number of H-pyrrole nitrogens is 1. The highest BCUT2D eigenvalue weighted by atomic mass is 16.5. The van der Waals surface area contributed by atoms with E-state index in [0.29, 0.717) is 25.1 Å². The van der Waals surface area contributed by atoms with Gasteiger partial charge in [-0.05, 0) is 25.8 Å². The van der Waals surface area contributed by atoms with E-state index in [0.717, 1.165) is 36.6 Å². The number of nitrogens with one attached hydrogen (secondary N) is 2. The Balaban J connectivity index is 1.64. The van der Waals surface area contributed by atoms with Crippen LogP contribution in [-0.2, 0) is 9.53 Å². The van der Waals surface area contributed by atoms with E-state index in [9.17, 15) is 9.59 Å². The van der Waals surface area contributed by atoms with Crippen molar-refractivity contribution < 1.29 is 14.3 Å². The predicted octanol–water partition coefficient (Wildman–Crippen LogP) is 2.81. The van der Waals surface area contributed by atoms with Crippen LogP contribution in [0.4, 0.5) is 0 Å². The van der Waals surface area contributed by atoms with Gasteiger partial charge >= 0.3 is 5.97 Å². The lowest BCUT2D eigenvalue weighted by Crippen LogP contribution is -2.24. The highest BCUT2D eigenvalue weighted by Crippen LogP contribution is 2.15. The molecule has 2 N–H and O–H groups in total. The summed E-state index contributed by atoms with van der Waals surface area (Å²) >= 11 is 0. The van der Waals surface area contributed by atoms with E-state index in [-0.39, 0.29) is 11.9 Å². The molecule has 124 valence electrons. The molecule has 0 atom stereocenters. The molecule has 0 saturated heterocycles. The molecule has 0 unspecified atom stereocenters. The van der Waals surface area contributed by atoms with Gasteiger partial charge in [0.25, 0.3) is 5.91 Å². The van der Waals surface area contributed by atoms with Gasteiger partial charge in [0.1, 0.15) is 0 Å². The number of aromatic amines is 1. The summed E-state index contributed by atoms with van der Waals surface area (Å²) in [6, 6.07) is 5.55. The lowest BCUT2D eigenvalue weighted by molar-refractivity contribution is -0.143. The maximum absolute atomic E-state index is 12.2. The summed E-state index contributed by atoms with van der Waals surface area (Å²) in [7, 11) is 0. The van der Waals surface area contributed by atoms with E-state index in [1.165, 1.54) is 0 Å². The molecule has 6 nitrogen and oxygen atoms in total. The van der Waals surface area contributed by atoms with Crippen molar-refractivity contribution in [3.05, 3.63) is 30.0 Å². The SMILES string of the molecule is CCOC(=O)CCCCCCNC(=O)c1cccc2cn[nH]c12. The Bertz CT molecular complexity index is 651. The zero-order chi connectivity index (χ0) is 16.5. The third-order valence-electron chi connectivity index (χ3n) is 3.62. The lowest BCUT2D eigenvalue weighted by Gasteiger charge is -2.06. The van der Waals surface area contributed by atoms with Crippen molar-refractivity contribution in [3.8, 4) is 0 Å². The third kappa shape index (κ3) is 5.09. The highest BCUT2D eigenvalue weighted by molar-refractivity contribution is 6.05. The van der Waals surface area contributed by atoms with E-state index in [2.05, 4.69) is 15.5 Å². The third-order valence-corrected chi connectivity index (χ3v) is 3.62. The summed E-state index contributed by atoms with van der Waals surface area (Å²) in [6.07, 6.45) is 5.85. The van der Waals surface area contributed by atoms with Crippen LogP contribution in [0, 0.1) is 0 Å². The first-order valence-corrected chi connectivity index (χ1v) is 8.08. The molecule has 0 saturated carbocycles. The Morgan fingerprint density at radius 3 is 2.87 bits per heavy atom. The van der Waals surface area contributed by atoms with Crippen molar-refractivity contribution in [1.82, 2.24) is 15.5 Å². The largest absolute Gasteiger partial charge is 0.466 e. The quantitative estimate of drug-likeness (QED) is 0.550. The molecule has 1 heterocycles. The van der Waals surface area contributed by atoms with Crippen molar-refractivity contribution >= 4 is 22.8 Å². The number of para-hydroxylation sites is 1. The highest BCUT2D eigenvalue weighted by Gasteiger charge is 2.10. The molecule has 2 rings (SSSR count). The Hall–Kier alpha value is -2.37. The molecule has 23 heavy (non-hydrogen) atoms. The summed E-state index contributed by atoms with van der Waals surface area (Å²) in [5.41, 5.74) is 1.38. The molecule has 0 aliphatic carbocycles. The molecule has 0 radical (unpaired) electrons. The van der Waals surface area contributed by atoms with Gasteiger partial charge in [-0.15, -0.1) is 0 Å². The van der Waals surface area contributed by atoms with Gasteiger partial charge in [-0.3, -0.25) is 14.7 Å². The first-order chi connectivity index (χ1) is 11.2. The molecule has 0 fully saturated rings. The molecule has 0 aliphatic heterocycles. The van der Waals surface area contributed by atoms with Gasteiger partial charge < -0.3 is 10.1 Å². The fourth-order valence-electron chi connectivity index (χ4n) is 2.44. The minimum absolute atomic E-state index is 0.0913. The van der Waals surface area contributed by atoms with Crippen molar-refractivity contribution in [3.63, 3.8) is 0 Å². The van der Waals surface area contributed by atoms with E-state index in [1.54, 1.807) is 12.3 Å². The molecule has 6 heteroatoms. The number of rotatable bonds is 9. The molecular weight excluding hydrogens is 294 g/mol. The minimum atomic E-state index is -0.131. The summed E-state index contributed by atoms with van der Waals surface area (Å²) in [5.74, 6) is -0.222. The molecule has 2 aromatic rings. The summed E-state index contributed by atoms with van der Waals surface area (Å²) < 4.78 is 4.87. The molecule has 1 aromatic carbocycles. The van der Waals surface area contributed by atoms with E-state index in [1.807, 2.05) is 19.1 Å². The summed E-state index contributed by atoms with van der Waals surface area (Å²) in [5, 5.41) is 10.7. The topological polar surface area (TPSA) is 84.1 Å². The average molecular weight is 317 g/mol. The number of ether oxygens (including phenoxy) is 1. The van der Waals surface area contributed by atoms with Crippen molar-refractivity contribution in [2.45, 2.75) is 39.0 Å². The van der Waals surface area contributed by atoms with Crippen LogP contribution in [0.2, 0.25) is 0 Å². The van der Waals surface area contributed by atoms with Gasteiger partial charge in [0.05, 0.1) is 23.9 Å². The van der Waals surface area contributed by atoms with Crippen LogP contribution in [-0.4, -0.2) is 35.2 Å². The van der Waals surface area contributed by atoms with Gasteiger partial charge in [-0.25, -0.2) is 0 Å². The zero-order valence-electron chi connectivity index (χ0n) is 13.4. The average Bonchev–Trinajstić information content (AvgIpc) is 3.02. The monoisotopic (exact) mass is 317 g/mol. The number of hydrogen-bond acceptors (Lipinski definition) is 4. The lowest BCUT2D eigenvalue weighted by atomic mass is 10.1. The van der Waals surface area contributed by atoms with E-state index >= 15 is 0 Å². The number of nitrogens with zero attached hydrogens (tertiary/aromatic N) is 1. The standard InChI is InChI=1S/C17H23N3O3/c1-2-23-15(21)10-5-3-4-6-11-18-17(22)14-9-7-8-13-12-19-20-16(13)14/h7-9,12H,2-6,10-11H2,1H3,(H,18,22)(H,19,20). The van der Waals surface area contributed by atoms with Crippen LogP contribution < -0.4 is 5.32 Å². The molecule has 0 spiro atoms. The molecule has 0 bridgehead atoms. The number of esters is 1. The minimum Gasteiger partial charge on any atom is -0.466 e. The number of amides is 1. The maximum atomic E-state index is 12.2. The predicted molar refractivity (Wildman–Crippen MR) is 88.1 cm³/mol. The number of carbonyl (C=O) groups excluding carboxylic acids is 2. The second kappa shape index (κ2) is 8.92. The first-order valence-electron chi connectivity index (χ1n) is 8.08. The number of unbranched alkanes of at least 4 members (excludes halogenated alkanes) is 3. The number of carbonyl (C=O) groups is 2. The Kier molecular flexibility index (Phi) is 6.59. The van der Waals surface area contributed by atoms with Crippen molar-refractivity contribution in [1.29, 1.82) is 0 Å². The molecular formula is C17H23N3O3. The number of aromatic nitrogens is 2. The van der Waals surface area contributed by atoms with Crippen LogP contribution in [0.1, 0.15) is 49.4 Å². The van der Waals surface area contributed by atoms with Crippen LogP contribution in [0.3, 0.4) is 0 Å². The maximum Gasteiger partial charge on any atom is 0.305 e. The van der Waals surface area contributed by atoms with Crippen LogP contribution >= 0.6 is 0 Å². The van der Waals surface area contributed by atoms with E-state index < -0.39 is 0 Å². The number of fused-ring (bicyclic) bond motifs is 1. The number of hydrogen-bond donors (Lipinski definition) is 2. The Labute approximate surface area is 135 Å². The van der Waals surface area contributed by atoms with Crippen LogP contribution in [0.25, 0.3) is 10.9 Å². The first kappa shape index (κ1) is 17.0. The molecule has 0 aliphatic rings. The fourth-order valence-corrected chi connectivity index (χ4v) is 2.44. The van der Waals surface area contributed by atoms with Crippen molar-refractivity contribution in [2.24, 2.45) is 0 Å². The number of benzene rings is 1. The molecule has 1 aromatic heterocycles. The Morgan fingerprint density at radius 2 is 2.04 bits per heavy atom. The summed E-state index contributed by atoms with van der Waals surface area (Å²) in [6.45, 7) is 2.88. The Morgan fingerprint density at radius 1 is 1.22 bits per heavy atom. The van der Waals surface area contributed by atoms with Crippen molar-refractivity contribution in [2.75, 3.05) is 13.2 Å². The van der Waals surface area contributed by atoms with Gasteiger partial charge in [-0.2, -0.15) is 5.10 Å². The smallest absolute Gasteiger partial charge is 0.305 e. The fraction of sp³-hybridized carbons (Fsp3) is 0.471. The van der Waals surface area contributed by atoms with Gasteiger partial charge in [0.2, 0.25) is 0 Å². The summed E-state index contributed by atoms with van der Waals surface area (Å²) in [4.78, 5) is 23.4. The zero-order valence-corrected chi connectivity index (χ0v) is 13.4. The van der Waals surface area contributed by atoms with Gasteiger partial charge in [-0.1, -0.05) is 25.0 Å². The second-order valence-corrected chi connectivity index (χ2v) is 5.36. The normalized spacial score (nSPS) is 10.7. The van der Waals surface area contributed by atoms with Gasteiger partial charge in [0, 0.05) is 18.4 Å². The van der Waals surface area contributed by atoms with E-state index in [4.69, 9.17) is 4.74 Å². The van der Waals surface area contributed by atoms with Crippen LogP contribution in [0.15, 0.2) is 24.4 Å². The second-order valence-electron chi connectivity index (χ2n) is 5.36. The van der Waals surface area contributed by atoms with Gasteiger partial charge in [0.15, 0.2) is 0 Å². The van der Waals surface area contributed by atoms with Crippen LogP contribution in [0.5, 0.6) is 0 Å². The molecule has 1 amide bonds.